The molecule has 0 N–H and O–H groups in total. The van der Waals surface area contributed by atoms with E-state index in [1.165, 1.54) is 27.5 Å². The highest BCUT2D eigenvalue weighted by Gasteiger charge is 2.22. The highest BCUT2D eigenvalue weighted by atomic mass is 15.1. The van der Waals surface area contributed by atoms with E-state index >= 15 is 0 Å². The number of para-hydroxylation sites is 4. The molecule has 0 saturated carbocycles. The Morgan fingerprint density at radius 2 is 0.783 bits per heavy atom. The van der Waals surface area contributed by atoms with Crippen LogP contribution in [0, 0.1) is 0 Å². The van der Waals surface area contributed by atoms with E-state index in [9.17, 15) is 0 Å². The molecule has 0 aliphatic rings. The first-order valence-electron chi connectivity index (χ1n) is 15.4. The molecule has 46 heavy (non-hydrogen) atoms. The van der Waals surface area contributed by atoms with Crippen molar-refractivity contribution in [1.82, 2.24) is 23.9 Å². The summed E-state index contributed by atoms with van der Waals surface area (Å²) in [5, 5.41) is 1.21. The zero-order chi connectivity index (χ0) is 30.5. The van der Waals surface area contributed by atoms with E-state index in [0.29, 0.717) is 17.5 Å². The molecule has 0 atom stereocenters. The zero-order valence-corrected chi connectivity index (χ0v) is 24.8. The number of benzene rings is 6. The Morgan fingerprint density at radius 1 is 0.348 bits per heavy atom. The van der Waals surface area contributed by atoms with Gasteiger partial charge in [-0.15, -0.1) is 0 Å². The topological polar surface area (TPSA) is 48.0 Å². The van der Waals surface area contributed by atoms with E-state index in [1.54, 1.807) is 0 Å². The molecule has 0 spiro atoms. The number of fused-ring (bicyclic) bond motifs is 5. The number of aromatic nitrogens is 5. The first-order chi connectivity index (χ1) is 22.8. The van der Waals surface area contributed by atoms with Crippen molar-refractivity contribution in [2.75, 3.05) is 0 Å². The van der Waals surface area contributed by atoms with E-state index < -0.39 is 0 Å². The lowest BCUT2D eigenvalue weighted by atomic mass is 10.0. The normalized spacial score (nSPS) is 11.5. The average Bonchev–Trinajstić information content (AvgIpc) is 3.65. The van der Waals surface area contributed by atoms with Gasteiger partial charge in [0.05, 0.1) is 16.6 Å². The average molecular weight is 590 g/mol. The molecule has 0 amide bonds. The van der Waals surface area contributed by atoms with Crippen molar-refractivity contribution in [3.63, 3.8) is 0 Å². The summed E-state index contributed by atoms with van der Waals surface area (Å²) in [6, 6.07) is 56.7. The van der Waals surface area contributed by atoms with Crippen LogP contribution in [0.15, 0.2) is 164 Å². The molecular formula is C41H27N5. The molecule has 9 rings (SSSR count). The first-order valence-corrected chi connectivity index (χ1v) is 15.4. The Bertz CT molecular complexity index is 2440. The monoisotopic (exact) mass is 589 g/mol. The van der Waals surface area contributed by atoms with E-state index in [4.69, 9.17) is 15.0 Å². The number of hydrogen-bond acceptors (Lipinski definition) is 3. The fourth-order valence-electron chi connectivity index (χ4n) is 6.49. The molecule has 9 aromatic rings. The van der Waals surface area contributed by atoms with Crippen LogP contribution >= 0.6 is 0 Å². The molecule has 0 aliphatic carbocycles. The third-order valence-corrected chi connectivity index (χ3v) is 8.57. The predicted octanol–water partition coefficient (Wildman–Crippen LogP) is 9.89. The largest absolute Gasteiger partial charge is 0.293 e. The second-order valence-electron chi connectivity index (χ2n) is 11.3. The van der Waals surface area contributed by atoms with Gasteiger partial charge in [0.2, 0.25) is 0 Å². The van der Waals surface area contributed by atoms with Crippen LogP contribution in [0.5, 0.6) is 0 Å². The third-order valence-electron chi connectivity index (χ3n) is 8.57. The second kappa shape index (κ2) is 10.7. The fraction of sp³-hybridized carbons (Fsp3) is 0. The van der Waals surface area contributed by atoms with Gasteiger partial charge in [0, 0.05) is 33.3 Å². The van der Waals surface area contributed by atoms with Gasteiger partial charge in [-0.25, -0.2) is 15.0 Å². The van der Waals surface area contributed by atoms with Crippen LogP contribution < -0.4 is 0 Å². The van der Waals surface area contributed by atoms with Crippen molar-refractivity contribution in [1.29, 1.82) is 0 Å². The Kier molecular flexibility index (Phi) is 6.06. The number of hydrogen-bond donors (Lipinski definition) is 0. The molecule has 0 aliphatic heterocycles. The molecule has 216 valence electrons. The Balaban J connectivity index is 1.25. The van der Waals surface area contributed by atoms with Crippen molar-refractivity contribution < 1.29 is 0 Å². The Labute approximate surface area is 265 Å². The molecule has 3 heterocycles. The summed E-state index contributed by atoms with van der Waals surface area (Å²) in [7, 11) is 0. The fourth-order valence-corrected chi connectivity index (χ4v) is 6.49. The highest BCUT2D eigenvalue weighted by molar-refractivity contribution is 6.09. The van der Waals surface area contributed by atoms with Crippen molar-refractivity contribution in [2.24, 2.45) is 0 Å². The summed E-state index contributed by atoms with van der Waals surface area (Å²) >= 11 is 0. The standard InChI is InChI=1S/C41H27N5/c1-4-14-29(15-5-1)38-42-39(30-16-6-2-7-17-30)44-40(43-38)31-26-24-28(25-27-31)37-33-20-10-11-21-34(33)46-36-23-13-12-22-35(36)45(41(37)46)32-18-8-3-9-19-32/h1-27H. The maximum absolute atomic E-state index is 4.94. The SMILES string of the molecule is c1ccc(-c2nc(-c3ccccc3)nc(-c3ccc(-c4c5ccccc5n5c6ccccc6n(-c6ccccc6)c45)cc3)n2)cc1. The van der Waals surface area contributed by atoms with Gasteiger partial charge in [0.15, 0.2) is 17.5 Å². The number of imidazole rings is 1. The minimum absolute atomic E-state index is 0.643. The Morgan fingerprint density at radius 3 is 1.37 bits per heavy atom. The van der Waals surface area contributed by atoms with Gasteiger partial charge in [-0.3, -0.25) is 8.97 Å². The van der Waals surface area contributed by atoms with Gasteiger partial charge in [-0.2, -0.15) is 0 Å². The van der Waals surface area contributed by atoms with Crippen molar-refractivity contribution in [3.8, 4) is 51.0 Å². The van der Waals surface area contributed by atoms with Crippen LogP contribution in [0.2, 0.25) is 0 Å². The quantitative estimate of drug-likeness (QED) is 0.201. The summed E-state index contributed by atoms with van der Waals surface area (Å²) < 4.78 is 4.77. The molecule has 6 aromatic carbocycles. The highest BCUT2D eigenvalue weighted by Crippen LogP contribution is 2.41. The van der Waals surface area contributed by atoms with Crippen LogP contribution in [0.25, 0.3) is 78.6 Å². The molecule has 0 saturated heterocycles. The van der Waals surface area contributed by atoms with Gasteiger partial charge < -0.3 is 0 Å². The van der Waals surface area contributed by atoms with Crippen LogP contribution in [-0.4, -0.2) is 23.9 Å². The van der Waals surface area contributed by atoms with Gasteiger partial charge in [0.1, 0.15) is 5.65 Å². The lowest BCUT2D eigenvalue weighted by Gasteiger charge is -2.10. The molecule has 0 radical (unpaired) electrons. The summed E-state index contributed by atoms with van der Waals surface area (Å²) in [6.07, 6.45) is 0. The van der Waals surface area contributed by atoms with Crippen molar-refractivity contribution in [3.05, 3.63) is 164 Å². The maximum Gasteiger partial charge on any atom is 0.164 e. The van der Waals surface area contributed by atoms with E-state index in [0.717, 1.165) is 33.6 Å². The maximum atomic E-state index is 4.94. The van der Waals surface area contributed by atoms with Crippen LogP contribution in [-0.2, 0) is 0 Å². The van der Waals surface area contributed by atoms with Gasteiger partial charge in [-0.05, 0) is 35.9 Å². The third kappa shape index (κ3) is 4.21. The molecular weight excluding hydrogens is 562 g/mol. The minimum atomic E-state index is 0.643. The zero-order valence-electron chi connectivity index (χ0n) is 24.8. The lowest BCUT2D eigenvalue weighted by Crippen LogP contribution is -2.00. The van der Waals surface area contributed by atoms with Crippen molar-refractivity contribution in [2.45, 2.75) is 0 Å². The summed E-state index contributed by atoms with van der Waals surface area (Å²) in [4.78, 5) is 14.7. The number of nitrogens with zero attached hydrogens (tertiary/aromatic N) is 5. The molecule has 5 heteroatoms. The summed E-state index contributed by atoms with van der Waals surface area (Å²) in [6.45, 7) is 0. The van der Waals surface area contributed by atoms with Crippen LogP contribution in [0.3, 0.4) is 0 Å². The van der Waals surface area contributed by atoms with E-state index in [2.05, 4.69) is 112 Å². The molecule has 0 bridgehead atoms. The smallest absolute Gasteiger partial charge is 0.164 e. The summed E-state index contributed by atoms with van der Waals surface area (Å²) in [5.41, 5.74) is 10.9. The predicted molar refractivity (Wildman–Crippen MR) is 187 cm³/mol. The van der Waals surface area contributed by atoms with Gasteiger partial charge >= 0.3 is 0 Å². The molecule has 0 fully saturated rings. The minimum Gasteiger partial charge on any atom is -0.293 e. The summed E-state index contributed by atoms with van der Waals surface area (Å²) in [5.74, 6) is 1.95. The van der Waals surface area contributed by atoms with Crippen LogP contribution in [0.4, 0.5) is 0 Å². The van der Waals surface area contributed by atoms with Crippen molar-refractivity contribution >= 4 is 27.6 Å². The molecule has 0 unspecified atom stereocenters. The van der Waals surface area contributed by atoms with Gasteiger partial charge in [-0.1, -0.05) is 133 Å². The lowest BCUT2D eigenvalue weighted by molar-refractivity contribution is 1.07. The Hall–Kier alpha value is -6.33. The first kappa shape index (κ1) is 26.1. The second-order valence-corrected chi connectivity index (χ2v) is 11.3. The number of rotatable bonds is 5. The van der Waals surface area contributed by atoms with Crippen LogP contribution in [0.1, 0.15) is 0 Å². The molecule has 3 aromatic heterocycles. The van der Waals surface area contributed by atoms with E-state index in [1.807, 2.05) is 60.7 Å². The van der Waals surface area contributed by atoms with Gasteiger partial charge in [0.25, 0.3) is 0 Å². The van der Waals surface area contributed by atoms with E-state index in [-0.39, 0.29) is 0 Å². The molecule has 5 nitrogen and oxygen atoms in total.